The molecule has 0 aliphatic carbocycles. The number of hydrogen-bond acceptors (Lipinski definition) is 4. The minimum Gasteiger partial charge on any atom is -0.490 e. The smallest absolute Gasteiger partial charge is 0.259 e. The summed E-state index contributed by atoms with van der Waals surface area (Å²) in [4.78, 5) is 13.1. The lowest BCUT2D eigenvalue weighted by Gasteiger charge is -2.15. The van der Waals surface area contributed by atoms with Gasteiger partial charge in [0.15, 0.2) is 18.1 Å². The molecule has 0 radical (unpaired) electrons. The van der Waals surface area contributed by atoms with Gasteiger partial charge in [0.25, 0.3) is 11.9 Å². The van der Waals surface area contributed by atoms with E-state index in [9.17, 15) is 4.79 Å². The van der Waals surface area contributed by atoms with Crippen molar-refractivity contribution in [3.8, 4) is 11.5 Å². The highest BCUT2D eigenvalue weighted by Gasteiger charge is 2.15. The number of likely N-dealkylation sites (N-methyl/N-ethyl adjacent to an activating group) is 1. The van der Waals surface area contributed by atoms with Crippen LogP contribution < -0.4 is 26.0 Å². The van der Waals surface area contributed by atoms with Crippen LogP contribution in [-0.4, -0.2) is 50.3 Å². The van der Waals surface area contributed by atoms with Crippen LogP contribution in [-0.2, 0) is 4.79 Å². The maximum Gasteiger partial charge on any atom is 0.259 e. The van der Waals surface area contributed by atoms with Crippen molar-refractivity contribution in [3.63, 3.8) is 0 Å². The molecular weight excluding hydrogens is 322 g/mol. The van der Waals surface area contributed by atoms with E-state index in [-0.39, 0.29) is 18.5 Å². The van der Waals surface area contributed by atoms with Crippen LogP contribution in [0.2, 0.25) is 5.02 Å². The number of rotatable bonds is 7. The third-order valence-electron chi connectivity index (χ3n) is 2.60. The van der Waals surface area contributed by atoms with Gasteiger partial charge in [-0.05, 0) is 19.1 Å². The van der Waals surface area contributed by atoms with Gasteiger partial charge < -0.3 is 25.8 Å². The molecule has 1 amide bonds. The summed E-state index contributed by atoms with van der Waals surface area (Å²) < 4.78 is 11.0. The van der Waals surface area contributed by atoms with Gasteiger partial charge >= 0.3 is 0 Å². The third-order valence-corrected chi connectivity index (χ3v) is 2.88. The first kappa shape index (κ1) is 18.6. The number of nitrogens with zero attached hydrogens (tertiary/aromatic N) is 2. The van der Waals surface area contributed by atoms with Crippen LogP contribution in [0, 0.1) is 0 Å². The molecule has 0 heterocycles. The van der Waals surface area contributed by atoms with Crippen molar-refractivity contribution in [3.05, 3.63) is 22.7 Å². The Balaban J connectivity index is 3.04. The van der Waals surface area contributed by atoms with E-state index >= 15 is 0 Å². The molecular formula is C14H21ClN5O3+. The number of ether oxygens (including phenoxy) is 2. The van der Waals surface area contributed by atoms with E-state index in [2.05, 4.69) is 10.2 Å². The standard InChI is InChI=1S/C14H20ClN5O3/c1-4-22-11-6-9(7-18-19-14(16)17)5-10(15)13(11)23-8-12(21)20(2)3/h5-7H,4,8H2,1-3H3,(H4,16,17,19)/p+1/b18-7+. The van der Waals surface area contributed by atoms with Crippen molar-refractivity contribution in [1.82, 2.24) is 4.90 Å². The second-order valence-electron chi connectivity index (χ2n) is 4.65. The Bertz CT molecular complexity index is 613. The predicted octanol–water partition coefficient (Wildman–Crippen LogP) is -1.11. The fourth-order valence-corrected chi connectivity index (χ4v) is 1.79. The van der Waals surface area contributed by atoms with E-state index in [1.165, 1.54) is 4.90 Å². The molecule has 5 N–H and O–H groups in total. The third kappa shape index (κ3) is 6.03. The Morgan fingerprint density at radius 1 is 1.39 bits per heavy atom. The van der Waals surface area contributed by atoms with E-state index in [4.69, 9.17) is 32.5 Å². The molecule has 0 atom stereocenters. The van der Waals surface area contributed by atoms with Gasteiger partial charge in [-0.2, -0.15) is 0 Å². The summed E-state index contributed by atoms with van der Waals surface area (Å²) in [6.07, 6.45) is 1.54. The largest absolute Gasteiger partial charge is 0.490 e. The fraction of sp³-hybridized carbons (Fsp3) is 0.357. The zero-order chi connectivity index (χ0) is 17.4. The predicted molar refractivity (Wildman–Crippen MR) is 88.7 cm³/mol. The van der Waals surface area contributed by atoms with E-state index < -0.39 is 0 Å². The maximum absolute atomic E-state index is 11.6. The molecule has 0 bridgehead atoms. The number of benzene rings is 1. The van der Waals surface area contributed by atoms with Crippen molar-refractivity contribution >= 4 is 29.7 Å². The summed E-state index contributed by atoms with van der Waals surface area (Å²) in [5.74, 6) is 0.445. The normalized spacial score (nSPS) is 10.4. The average Bonchev–Trinajstić information content (AvgIpc) is 2.45. The first-order chi connectivity index (χ1) is 10.8. The number of hydrogen-bond donors (Lipinski definition) is 3. The van der Waals surface area contributed by atoms with Crippen LogP contribution in [0.25, 0.3) is 0 Å². The first-order valence-corrected chi connectivity index (χ1v) is 7.19. The highest BCUT2D eigenvalue weighted by atomic mass is 35.5. The number of halogens is 1. The van der Waals surface area contributed by atoms with Crippen LogP contribution in [0.5, 0.6) is 11.5 Å². The van der Waals surface area contributed by atoms with E-state index in [1.54, 1.807) is 32.4 Å². The Morgan fingerprint density at radius 3 is 2.65 bits per heavy atom. The molecule has 0 fully saturated rings. The van der Waals surface area contributed by atoms with Crippen LogP contribution >= 0.6 is 11.6 Å². The summed E-state index contributed by atoms with van der Waals surface area (Å²) >= 11 is 6.21. The van der Waals surface area contributed by atoms with Crippen LogP contribution in [0.3, 0.4) is 0 Å². The molecule has 1 aromatic carbocycles. The van der Waals surface area contributed by atoms with Crippen molar-refractivity contribution in [1.29, 1.82) is 0 Å². The quantitative estimate of drug-likeness (QED) is 0.330. The minimum atomic E-state index is -0.187. The van der Waals surface area contributed by atoms with E-state index in [1.807, 2.05) is 6.92 Å². The van der Waals surface area contributed by atoms with Gasteiger partial charge in [0.1, 0.15) is 0 Å². The molecule has 0 aromatic heterocycles. The number of carbonyl (C=O) groups excluding carboxylic acids is 1. The lowest BCUT2D eigenvalue weighted by Crippen LogP contribution is -2.63. The second-order valence-corrected chi connectivity index (χ2v) is 5.06. The van der Waals surface area contributed by atoms with Gasteiger partial charge in [0, 0.05) is 24.8 Å². The number of amides is 1. The van der Waals surface area contributed by atoms with Crippen LogP contribution in [0.4, 0.5) is 0 Å². The molecule has 0 unspecified atom stereocenters. The molecule has 8 nitrogen and oxygen atoms in total. The lowest BCUT2D eigenvalue weighted by atomic mass is 10.2. The summed E-state index contributed by atoms with van der Waals surface area (Å²) in [6.45, 7) is 2.11. The highest BCUT2D eigenvalue weighted by molar-refractivity contribution is 6.32. The second kappa shape index (κ2) is 8.84. The van der Waals surface area contributed by atoms with Gasteiger partial charge in [-0.15, -0.1) is 5.10 Å². The Labute approximate surface area is 139 Å². The summed E-state index contributed by atoms with van der Waals surface area (Å²) in [5.41, 5.74) is 11.1. The van der Waals surface area contributed by atoms with Crippen molar-refractivity contribution in [2.24, 2.45) is 16.6 Å². The van der Waals surface area contributed by atoms with Gasteiger partial charge in [-0.1, -0.05) is 11.6 Å². The fourth-order valence-electron chi connectivity index (χ4n) is 1.52. The van der Waals surface area contributed by atoms with Crippen molar-refractivity contribution < 1.29 is 19.4 Å². The minimum absolute atomic E-state index is 0.0977. The summed E-state index contributed by atoms with van der Waals surface area (Å²) in [6, 6.07) is 3.33. The zero-order valence-electron chi connectivity index (χ0n) is 13.3. The molecule has 0 aliphatic rings. The molecule has 0 saturated heterocycles. The molecule has 1 aromatic rings. The lowest BCUT2D eigenvalue weighted by molar-refractivity contribution is -0.456. The number of guanidine groups is 1. The molecule has 1 rings (SSSR count). The average molecular weight is 343 g/mol. The zero-order valence-corrected chi connectivity index (χ0v) is 14.1. The summed E-state index contributed by atoms with van der Waals surface area (Å²) in [5, 5.41) is 6.51. The molecule has 126 valence electrons. The number of nitrogens with two attached hydrogens (primary N) is 2. The maximum atomic E-state index is 11.6. The monoisotopic (exact) mass is 342 g/mol. The van der Waals surface area contributed by atoms with Gasteiger partial charge in [-0.3, -0.25) is 4.79 Å². The van der Waals surface area contributed by atoms with Crippen molar-refractivity contribution in [2.45, 2.75) is 6.92 Å². The van der Waals surface area contributed by atoms with Crippen molar-refractivity contribution in [2.75, 3.05) is 27.3 Å². The molecule has 0 spiro atoms. The number of carbonyl (C=O) groups is 1. The highest BCUT2D eigenvalue weighted by Crippen LogP contribution is 2.36. The van der Waals surface area contributed by atoms with Gasteiger partial charge in [0.05, 0.1) is 11.6 Å². The number of hydrazone groups is 1. The van der Waals surface area contributed by atoms with Crippen LogP contribution in [0.1, 0.15) is 12.5 Å². The number of nitrogens with one attached hydrogen (secondary N) is 1. The summed E-state index contributed by atoms with van der Waals surface area (Å²) in [7, 11) is 3.29. The van der Waals surface area contributed by atoms with E-state index in [0.29, 0.717) is 28.7 Å². The first-order valence-electron chi connectivity index (χ1n) is 6.81. The molecule has 23 heavy (non-hydrogen) atoms. The Morgan fingerprint density at radius 2 is 2.09 bits per heavy atom. The Kier molecular flexibility index (Phi) is 7.14. The van der Waals surface area contributed by atoms with Gasteiger partial charge in [0.2, 0.25) is 6.21 Å². The molecule has 0 saturated carbocycles. The molecule has 0 aliphatic heterocycles. The topological polar surface area (TPSA) is 117 Å². The Hall–Kier alpha value is -2.48. The molecule has 9 heteroatoms. The SMILES string of the molecule is CCOc1cc(/C=[NH+]/N=C(N)N)cc(Cl)c1OCC(=O)N(C)C. The van der Waals surface area contributed by atoms with Crippen LogP contribution in [0.15, 0.2) is 17.2 Å². The van der Waals surface area contributed by atoms with Gasteiger partial charge in [-0.25, -0.2) is 0 Å². The van der Waals surface area contributed by atoms with E-state index in [0.717, 1.165) is 0 Å².